The summed E-state index contributed by atoms with van der Waals surface area (Å²) in [6.45, 7) is 7.42. The van der Waals surface area contributed by atoms with Crippen molar-refractivity contribution in [2.45, 2.75) is 53.6 Å². The number of para-hydroxylation sites is 3. The molecule has 5 heterocycles. The molecule has 0 saturated carbocycles. The summed E-state index contributed by atoms with van der Waals surface area (Å²) in [5.74, 6) is 0.251. The Kier molecular flexibility index (Phi) is 30.1. The standard InChI is InChI=1S/C21H19NOS.C18H17NO3.C13H13NS.CH4.2CH3.5HI.2V/c1-15-13-17-11-12-22(14-20(23)16-7-3-2-4-8-16)19-10-6-5-9-18(19)21(17)24-15;20-17-11-6-12-19(16-10-5-4-9-15(16)17)18(21)22-13-14-7-2-1-3-8-14;1-9-8-10-6-7-14-12-5-3-2-4-11(12)13(10)15-9;;;;;;;;;;/h2-10,13H,11-12,14H2,1H3;1-5,7-10H,6,11-13H2;2-5,8,14H,6-7H2,1H3;1H4;2*1H3;5*1H;;/q;;;;2*-1;;;;;;+2;+3/p-5. The van der Waals surface area contributed by atoms with Crippen LogP contribution in [0, 0.1) is 28.7 Å². The molecule has 71 heavy (non-hydrogen) atoms. The van der Waals surface area contributed by atoms with E-state index >= 15 is 0 Å². The van der Waals surface area contributed by atoms with Crippen molar-refractivity contribution in [1.29, 1.82) is 0 Å². The van der Waals surface area contributed by atoms with Crippen molar-refractivity contribution in [1.82, 2.24) is 0 Å². The minimum absolute atomic E-state index is 0. The van der Waals surface area contributed by atoms with Crippen molar-refractivity contribution < 1.29 is 33.5 Å². The van der Waals surface area contributed by atoms with E-state index in [-0.39, 0.29) is 45.4 Å². The van der Waals surface area contributed by atoms with Gasteiger partial charge in [0.05, 0.1) is 12.2 Å². The van der Waals surface area contributed by atoms with Crippen LogP contribution in [0.3, 0.4) is 0 Å². The van der Waals surface area contributed by atoms with Crippen molar-refractivity contribution in [2.24, 2.45) is 0 Å². The zero-order chi connectivity index (χ0) is 48.4. The maximum absolute atomic E-state index is 12.7. The van der Waals surface area contributed by atoms with E-state index in [0.29, 0.717) is 46.6 Å². The number of nitrogens with zero attached hydrogens (tertiary/aromatic N) is 2. The number of fused-ring (bicyclic) bond motifs is 7. The minimum atomic E-state index is -0.411. The fourth-order valence-corrected chi connectivity index (χ4v) is 10.3. The number of thiophene rings is 2. The van der Waals surface area contributed by atoms with Crippen LogP contribution in [-0.4, -0.2) is 43.8 Å². The number of carbonyl (C=O) groups excluding carboxylic acids is 3. The van der Waals surface area contributed by atoms with Crippen LogP contribution < -0.4 is 15.1 Å². The monoisotopic (exact) mass is 1630 g/mol. The number of rotatable bonds is 5. The Morgan fingerprint density at radius 2 is 1.18 bits per heavy atom. The molecular weight excluding hydrogens is 1570 g/mol. The number of aryl methyl sites for hydroxylation is 2. The van der Waals surface area contributed by atoms with Gasteiger partial charge in [0, 0.05) is 79.2 Å². The van der Waals surface area contributed by atoms with Crippen molar-refractivity contribution in [3.05, 3.63) is 198 Å². The summed E-state index contributed by atoms with van der Waals surface area (Å²) >= 11 is 15.9. The third-order valence-corrected chi connectivity index (χ3v) is 13.3. The zero-order valence-corrected chi connectivity index (χ0v) is 54.6. The SMILES string of the molecule is C.Cc1cc2c(s1)-c1ccccc1N(CC(=O)c1ccccc1)CC2.Cc1cc2c(s1)-c1ccccc1NCC2.O=C1CCCN(C(=O)OCc2ccccc2)c2ccccc21.[CH3-].[CH3-].[I][V]([I])[I].[I][V][I]. The molecule has 3 aliphatic heterocycles. The first-order chi connectivity index (χ1) is 33.0. The second kappa shape index (κ2) is 33.5. The Morgan fingerprint density at radius 1 is 0.676 bits per heavy atom. The second-order valence-electron chi connectivity index (χ2n) is 15.6. The molecule has 0 radical (unpaired) electrons. The Hall–Kier alpha value is -1.47. The summed E-state index contributed by atoms with van der Waals surface area (Å²) in [5, 5.41) is 3.48. The topological polar surface area (TPSA) is 79.0 Å². The molecule has 5 aromatic carbocycles. The number of benzene rings is 5. The molecule has 0 atom stereocenters. The van der Waals surface area contributed by atoms with Crippen LogP contribution in [-0.2, 0) is 38.6 Å². The first-order valence-corrected chi connectivity index (χ1v) is 45.9. The Balaban J connectivity index is 0.000000263. The van der Waals surface area contributed by atoms with Crippen molar-refractivity contribution in [3.8, 4) is 20.9 Å². The van der Waals surface area contributed by atoms with Gasteiger partial charge in [-0.3, -0.25) is 14.5 Å². The summed E-state index contributed by atoms with van der Waals surface area (Å²) in [7, 11) is 0.628. The molecule has 0 spiro atoms. The maximum atomic E-state index is 12.7. The van der Waals surface area contributed by atoms with Crippen LogP contribution in [0.4, 0.5) is 21.9 Å². The number of Topliss-reactive ketones (excluding diaryl/α,β-unsaturated/α-hetero) is 2. The number of hydrogen-bond donors (Lipinski definition) is 1. The van der Waals surface area contributed by atoms with Crippen LogP contribution in [0.25, 0.3) is 20.9 Å². The number of hydrogen-bond acceptors (Lipinski definition) is 8. The van der Waals surface area contributed by atoms with E-state index in [9.17, 15) is 14.4 Å². The van der Waals surface area contributed by atoms with Gasteiger partial charge in [0.1, 0.15) is 6.61 Å². The van der Waals surface area contributed by atoms with Gasteiger partial charge in [-0.15, -0.1) is 22.7 Å². The van der Waals surface area contributed by atoms with Gasteiger partial charge >= 0.3 is 120 Å². The second-order valence-corrected chi connectivity index (χ2v) is 65.3. The van der Waals surface area contributed by atoms with Crippen molar-refractivity contribution in [2.75, 3.05) is 41.3 Å². The molecule has 0 fully saturated rings. The van der Waals surface area contributed by atoms with E-state index in [1.54, 1.807) is 17.0 Å². The molecule has 0 bridgehead atoms. The van der Waals surface area contributed by atoms with Crippen LogP contribution in [0.15, 0.2) is 146 Å². The van der Waals surface area contributed by atoms with E-state index in [1.807, 2.05) is 95.5 Å². The number of carbonyl (C=O) groups is 3. The predicted octanol–water partition coefficient (Wildman–Crippen LogP) is 18.4. The molecule has 3 aliphatic rings. The van der Waals surface area contributed by atoms with Gasteiger partial charge in [-0.1, -0.05) is 117 Å². The molecule has 0 aliphatic carbocycles. The van der Waals surface area contributed by atoms with Crippen LogP contribution >= 0.6 is 123 Å². The van der Waals surface area contributed by atoms with Crippen molar-refractivity contribution in [3.63, 3.8) is 0 Å². The number of halogens is 5. The summed E-state index contributed by atoms with van der Waals surface area (Å²) in [6.07, 6.45) is 2.81. The molecule has 1 N–H and O–H groups in total. The Labute approximate surface area is 497 Å². The molecule has 7 nitrogen and oxygen atoms in total. The molecule has 0 unspecified atom stereocenters. The summed E-state index contributed by atoms with van der Waals surface area (Å²) in [4.78, 5) is 46.2. The number of ether oxygens (including phenoxy) is 1. The van der Waals surface area contributed by atoms with Gasteiger partial charge in [0.2, 0.25) is 0 Å². The molecule has 0 saturated heterocycles. The van der Waals surface area contributed by atoms with E-state index < -0.39 is 6.09 Å². The van der Waals surface area contributed by atoms with Gasteiger partial charge < -0.3 is 29.8 Å². The van der Waals surface area contributed by atoms with Crippen molar-refractivity contribution >= 4 is 157 Å². The number of anilines is 3. The van der Waals surface area contributed by atoms with E-state index in [0.717, 1.165) is 37.1 Å². The molecule has 377 valence electrons. The molecular formula is C55H59I5N3O4S2V2-2. The average molecular weight is 1630 g/mol. The molecule has 7 aromatic rings. The number of nitrogens with one attached hydrogen (secondary N) is 1. The zero-order valence-electron chi connectivity index (χ0n) is 39.3. The molecule has 16 heteroatoms. The third-order valence-electron chi connectivity index (χ3n) is 11.0. The van der Waals surface area contributed by atoms with Gasteiger partial charge in [-0.25, -0.2) is 4.79 Å². The van der Waals surface area contributed by atoms with Crippen LogP contribution in [0.2, 0.25) is 0 Å². The van der Waals surface area contributed by atoms with Gasteiger partial charge in [0.25, 0.3) is 0 Å². The molecule has 1 amide bonds. The number of ketones is 2. The molecule has 10 rings (SSSR count). The van der Waals surface area contributed by atoms with Crippen LogP contribution in [0.5, 0.6) is 0 Å². The van der Waals surface area contributed by atoms with Gasteiger partial charge in [-0.2, -0.15) is 0 Å². The van der Waals surface area contributed by atoms with E-state index in [1.165, 1.54) is 53.1 Å². The Bertz CT molecular complexity index is 2740. The first-order valence-electron chi connectivity index (χ1n) is 21.7. The Morgan fingerprint density at radius 3 is 1.82 bits per heavy atom. The average Bonchev–Trinajstić information content (AvgIpc) is 3.75. The van der Waals surface area contributed by atoms with Crippen LogP contribution in [0.1, 0.15) is 67.4 Å². The van der Waals surface area contributed by atoms with Gasteiger partial charge in [0.15, 0.2) is 11.6 Å². The fraction of sp³-hybridized carbons (Fsp3) is 0.218. The quantitative estimate of drug-likeness (QED) is 0.105. The third kappa shape index (κ3) is 19.2. The van der Waals surface area contributed by atoms with E-state index in [4.69, 9.17) is 4.74 Å². The normalized spacial score (nSPS) is 12.4. The predicted molar refractivity (Wildman–Crippen MR) is 342 cm³/mol. The first kappa shape index (κ1) is 63.8. The van der Waals surface area contributed by atoms with Gasteiger partial charge in [-0.05, 0) is 86.2 Å². The summed E-state index contributed by atoms with van der Waals surface area (Å²) < 4.78 is 5.39. The number of amides is 1. The van der Waals surface area contributed by atoms with E-state index in [2.05, 4.69) is 185 Å². The molecule has 2 aromatic heterocycles. The summed E-state index contributed by atoms with van der Waals surface area (Å²) in [6, 6.07) is 48.0. The summed E-state index contributed by atoms with van der Waals surface area (Å²) in [5.41, 5.74) is 10.9. The fourth-order valence-electron chi connectivity index (χ4n) is 8.08.